The van der Waals surface area contributed by atoms with E-state index in [4.69, 9.17) is 9.15 Å². The minimum atomic E-state index is -0.200. The van der Waals surface area contributed by atoms with Crippen molar-refractivity contribution in [2.75, 3.05) is 38.2 Å². The number of amides is 2. The first-order valence-corrected chi connectivity index (χ1v) is 11.1. The lowest BCUT2D eigenvalue weighted by Crippen LogP contribution is -2.43. The zero-order valence-corrected chi connectivity index (χ0v) is 18.1. The maximum Gasteiger partial charge on any atom is 0.265 e. The highest BCUT2D eigenvalue weighted by molar-refractivity contribution is 7.12. The van der Waals surface area contributed by atoms with E-state index in [1.807, 2.05) is 30.5 Å². The van der Waals surface area contributed by atoms with Gasteiger partial charge in [0.05, 0.1) is 24.1 Å². The molecule has 0 bridgehead atoms. The van der Waals surface area contributed by atoms with Gasteiger partial charge in [-0.15, -0.1) is 11.3 Å². The average molecular weight is 440 g/mol. The van der Waals surface area contributed by atoms with Crippen molar-refractivity contribution in [2.24, 2.45) is 0 Å². The summed E-state index contributed by atoms with van der Waals surface area (Å²) in [5.74, 6) is 1.28. The highest BCUT2D eigenvalue weighted by atomic mass is 32.1. The van der Waals surface area contributed by atoms with Crippen molar-refractivity contribution >= 4 is 28.8 Å². The Kier molecular flexibility index (Phi) is 6.81. The van der Waals surface area contributed by atoms with Gasteiger partial charge in [0.15, 0.2) is 0 Å². The fourth-order valence-corrected chi connectivity index (χ4v) is 4.18. The molecule has 162 valence electrons. The molecule has 8 heteroatoms. The van der Waals surface area contributed by atoms with Gasteiger partial charge < -0.3 is 19.8 Å². The maximum absolute atomic E-state index is 12.8. The molecule has 1 aliphatic rings. The van der Waals surface area contributed by atoms with E-state index < -0.39 is 0 Å². The molecule has 31 heavy (non-hydrogen) atoms. The number of nitrogens with zero attached hydrogens (tertiary/aromatic N) is 1. The molecule has 2 N–H and O–H groups in total. The Morgan fingerprint density at radius 2 is 1.94 bits per heavy atom. The predicted octanol–water partition coefficient (Wildman–Crippen LogP) is 3.71. The predicted molar refractivity (Wildman–Crippen MR) is 120 cm³/mol. The summed E-state index contributed by atoms with van der Waals surface area (Å²) in [5.41, 5.74) is 1.07. The first kappa shape index (κ1) is 21.3. The lowest BCUT2D eigenvalue weighted by Gasteiger charge is -2.33. The largest absolute Gasteiger partial charge is 0.465 e. The van der Waals surface area contributed by atoms with E-state index in [-0.39, 0.29) is 17.9 Å². The average Bonchev–Trinajstić information content (AvgIpc) is 3.47. The zero-order valence-electron chi connectivity index (χ0n) is 17.3. The van der Waals surface area contributed by atoms with Crippen LogP contribution in [0.15, 0.2) is 58.3 Å². The number of rotatable bonds is 7. The number of anilines is 1. The number of hydrogen-bond donors (Lipinski definition) is 2. The molecule has 1 unspecified atom stereocenters. The fraction of sp³-hybridized carbons (Fsp3) is 0.304. The number of morpholine rings is 1. The van der Waals surface area contributed by atoms with E-state index in [1.165, 1.54) is 11.3 Å². The number of furan rings is 1. The van der Waals surface area contributed by atoms with E-state index in [9.17, 15) is 9.59 Å². The van der Waals surface area contributed by atoms with E-state index in [1.54, 1.807) is 30.3 Å². The van der Waals surface area contributed by atoms with Gasteiger partial charge in [-0.2, -0.15) is 0 Å². The molecule has 4 rings (SSSR count). The molecular weight excluding hydrogens is 414 g/mol. The van der Waals surface area contributed by atoms with Gasteiger partial charge in [0.1, 0.15) is 11.5 Å². The first-order valence-electron chi connectivity index (χ1n) is 10.2. The van der Waals surface area contributed by atoms with Crippen LogP contribution in [0.3, 0.4) is 0 Å². The maximum atomic E-state index is 12.8. The van der Waals surface area contributed by atoms with Gasteiger partial charge in [0, 0.05) is 30.9 Å². The summed E-state index contributed by atoms with van der Waals surface area (Å²) in [6.07, 6.45) is 0. The van der Waals surface area contributed by atoms with E-state index >= 15 is 0 Å². The molecule has 0 radical (unpaired) electrons. The summed E-state index contributed by atoms with van der Waals surface area (Å²) < 4.78 is 11.3. The summed E-state index contributed by atoms with van der Waals surface area (Å²) in [7, 11) is 0. The van der Waals surface area contributed by atoms with Gasteiger partial charge in [-0.1, -0.05) is 12.1 Å². The second kappa shape index (κ2) is 9.91. The van der Waals surface area contributed by atoms with Gasteiger partial charge in [-0.3, -0.25) is 14.5 Å². The van der Waals surface area contributed by atoms with Crippen LogP contribution < -0.4 is 10.6 Å². The number of nitrogens with one attached hydrogen (secondary N) is 2. The number of carbonyl (C=O) groups excluding carboxylic acids is 2. The van der Waals surface area contributed by atoms with Crippen LogP contribution in [0.1, 0.15) is 37.6 Å². The summed E-state index contributed by atoms with van der Waals surface area (Å²) >= 11 is 1.37. The Labute approximate surface area is 185 Å². The normalized spacial score (nSPS) is 15.4. The first-order chi connectivity index (χ1) is 15.1. The van der Waals surface area contributed by atoms with Gasteiger partial charge >= 0.3 is 0 Å². The summed E-state index contributed by atoms with van der Waals surface area (Å²) in [6, 6.07) is 14.4. The molecule has 1 aromatic carbocycles. The standard InChI is InChI=1S/C23H25N3O4S/c1-16-7-8-20(30-16)19(26-9-11-29-12-10-26)15-24-22(27)17-4-2-5-18(14-17)25-23(28)21-6-3-13-31-21/h2-8,13-14,19H,9-12,15H2,1H3,(H,24,27)(H,25,28). The molecule has 3 aromatic rings. The van der Waals surface area contributed by atoms with Crippen LogP contribution >= 0.6 is 11.3 Å². The fourth-order valence-electron chi connectivity index (χ4n) is 3.56. The van der Waals surface area contributed by atoms with Crippen LogP contribution in [0.4, 0.5) is 5.69 Å². The number of hydrogen-bond acceptors (Lipinski definition) is 6. The van der Waals surface area contributed by atoms with Crippen molar-refractivity contribution in [3.05, 3.63) is 75.9 Å². The number of carbonyl (C=O) groups is 2. The minimum absolute atomic E-state index is 0.0664. The van der Waals surface area contributed by atoms with E-state index in [2.05, 4.69) is 15.5 Å². The molecular formula is C23H25N3O4S. The lowest BCUT2D eigenvalue weighted by molar-refractivity contribution is 0.0117. The SMILES string of the molecule is Cc1ccc(C(CNC(=O)c2cccc(NC(=O)c3cccs3)c2)N2CCOCC2)o1. The van der Waals surface area contributed by atoms with Gasteiger partial charge in [-0.25, -0.2) is 0 Å². The molecule has 3 heterocycles. The van der Waals surface area contributed by atoms with Crippen LogP contribution in [0, 0.1) is 6.92 Å². The molecule has 2 aromatic heterocycles. The van der Waals surface area contributed by atoms with Gasteiger partial charge in [0.2, 0.25) is 0 Å². The van der Waals surface area contributed by atoms with Crippen molar-refractivity contribution in [3.63, 3.8) is 0 Å². The van der Waals surface area contributed by atoms with E-state index in [0.29, 0.717) is 35.9 Å². The molecule has 1 saturated heterocycles. The Morgan fingerprint density at radius 1 is 1.10 bits per heavy atom. The number of benzene rings is 1. The van der Waals surface area contributed by atoms with Crippen molar-refractivity contribution < 1.29 is 18.7 Å². The van der Waals surface area contributed by atoms with Gasteiger partial charge in [0.25, 0.3) is 11.8 Å². The third-order valence-corrected chi connectivity index (χ3v) is 6.03. The smallest absolute Gasteiger partial charge is 0.265 e. The van der Waals surface area contributed by atoms with Crippen LogP contribution in [0.2, 0.25) is 0 Å². The summed E-state index contributed by atoms with van der Waals surface area (Å²) in [6.45, 7) is 5.22. The molecule has 0 spiro atoms. The summed E-state index contributed by atoms with van der Waals surface area (Å²) in [4.78, 5) is 28.0. The highest BCUT2D eigenvalue weighted by Crippen LogP contribution is 2.23. The van der Waals surface area contributed by atoms with Crippen molar-refractivity contribution in [3.8, 4) is 0 Å². The number of aryl methyl sites for hydroxylation is 1. The molecule has 1 atom stereocenters. The Bertz CT molecular complexity index is 1030. The quantitative estimate of drug-likeness (QED) is 0.586. The zero-order chi connectivity index (χ0) is 21.6. The molecule has 2 amide bonds. The van der Waals surface area contributed by atoms with Crippen LogP contribution in [0.25, 0.3) is 0 Å². The Morgan fingerprint density at radius 3 is 2.65 bits per heavy atom. The van der Waals surface area contributed by atoms with Crippen molar-refractivity contribution in [1.29, 1.82) is 0 Å². The Balaban J connectivity index is 1.42. The number of ether oxygens (including phenoxy) is 1. The molecule has 0 aliphatic carbocycles. The highest BCUT2D eigenvalue weighted by Gasteiger charge is 2.26. The molecule has 7 nitrogen and oxygen atoms in total. The van der Waals surface area contributed by atoms with Crippen LogP contribution in [-0.2, 0) is 4.74 Å². The van der Waals surface area contributed by atoms with Crippen molar-refractivity contribution in [2.45, 2.75) is 13.0 Å². The van der Waals surface area contributed by atoms with Gasteiger partial charge in [-0.05, 0) is 48.7 Å². The third-order valence-electron chi connectivity index (χ3n) is 5.16. The van der Waals surface area contributed by atoms with Crippen molar-refractivity contribution in [1.82, 2.24) is 10.2 Å². The third kappa shape index (κ3) is 5.41. The monoisotopic (exact) mass is 439 g/mol. The Hall–Kier alpha value is -2.94. The second-order valence-corrected chi connectivity index (χ2v) is 8.28. The lowest BCUT2D eigenvalue weighted by atomic mass is 10.1. The minimum Gasteiger partial charge on any atom is -0.465 e. The van der Waals surface area contributed by atoms with E-state index in [0.717, 1.165) is 24.6 Å². The topological polar surface area (TPSA) is 83.8 Å². The molecule has 1 aliphatic heterocycles. The molecule has 1 fully saturated rings. The second-order valence-electron chi connectivity index (χ2n) is 7.33. The van der Waals surface area contributed by atoms with Crippen LogP contribution in [-0.4, -0.2) is 49.6 Å². The van der Waals surface area contributed by atoms with Crippen LogP contribution in [0.5, 0.6) is 0 Å². The summed E-state index contributed by atoms with van der Waals surface area (Å²) in [5, 5.41) is 7.71. The molecule has 0 saturated carbocycles. The number of thiophene rings is 1.